The number of aliphatic hydroxyl groups is 1. The van der Waals surface area contributed by atoms with Crippen molar-refractivity contribution in [2.24, 2.45) is 11.7 Å². The van der Waals surface area contributed by atoms with Gasteiger partial charge in [0, 0.05) is 13.0 Å². The van der Waals surface area contributed by atoms with Crippen LogP contribution in [0.1, 0.15) is 58.3 Å². The van der Waals surface area contributed by atoms with Crippen molar-refractivity contribution in [3.05, 3.63) is 0 Å². The number of nitrogens with two attached hydrogens (primary N) is 1. The van der Waals surface area contributed by atoms with Gasteiger partial charge in [-0.3, -0.25) is 4.79 Å². The predicted octanol–water partition coefficient (Wildman–Crippen LogP) is 1.56. The van der Waals surface area contributed by atoms with E-state index in [1.54, 1.807) is 0 Å². The first-order chi connectivity index (χ1) is 8.59. The third kappa shape index (κ3) is 5.36. The molecule has 0 aromatic rings. The number of hydrogen-bond acceptors (Lipinski definition) is 3. The van der Waals surface area contributed by atoms with Gasteiger partial charge in [0.2, 0.25) is 5.91 Å². The molecule has 1 saturated carbocycles. The number of nitrogens with one attached hydrogen (secondary N) is 1. The van der Waals surface area contributed by atoms with Crippen LogP contribution < -0.4 is 11.1 Å². The van der Waals surface area contributed by atoms with E-state index in [0.717, 1.165) is 44.9 Å². The molecule has 0 saturated heterocycles. The minimum atomic E-state index is -0.615. The van der Waals surface area contributed by atoms with Crippen molar-refractivity contribution in [2.75, 3.05) is 13.1 Å². The SMILES string of the molecule is CCCC(CCN)CCC(=O)NCC1(O)CCC1. The summed E-state index contributed by atoms with van der Waals surface area (Å²) in [6.45, 7) is 3.28. The first-order valence-electron chi connectivity index (χ1n) is 7.29. The van der Waals surface area contributed by atoms with E-state index in [4.69, 9.17) is 5.73 Å². The van der Waals surface area contributed by atoms with Crippen molar-refractivity contribution in [3.63, 3.8) is 0 Å². The summed E-state index contributed by atoms with van der Waals surface area (Å²) in [5.74, 6) is 0.631. The first-order valence-corrected chi connectivity index (χ1v) is 7.29. The molecule has 18 heavy (non-hydrogen) atoms. The molecule has 1 aliphatic carbocycles. The molecule has 1 fully saturated rings. The first kappa shape index (κ1) is 15.4. The molecule has 0 heterocycles. The Balaban J connectivity index is 2.14. The van der Waals surface area contributed by atoms with Crippen LogP contribution in [0.3, 0.4) is 0 Å². The van der Waals surface area contributed by atoms with E-state index in [2.05, 4.69) is 12.2 Å². The van der Waals surface area contributed by atoms with E-state index in [1.165, 1.54) is 0 Å². The van der Waals surface area contributed by atoms with Gasteiger partial charge in [0.25, 0.3) is 0 Å². The van der Waals surface area contributed by atoms with Gasteiger partial charge in [0.1, 0.15) is 0 Å². The third-order valence-electron chi connectivity index (χ3n) is 3.95. The van der Waals surface area contributed by atoms with Gasteiger partial charge in [-0.15, -0.1) is 0 Å². The van der Waals surface area contributed by atoms with E-state index in [9.17, 15) is 9.90 Å². The maximum Gasteiger partial charge on any atom is 0.220 e. The van der Waals surface area contributed by atoms with Gasteiger partial charge in [-0.2, -0.15) is 0 Å². The van der Waals surface area contributed by atoms with Gasteiger partial charge in [-0.05, 0) is 44.6 Å². The lowest BCUT2D eigenvalue weighted by molar-refractivity contribution is -0.123. The normalized spacial score (nSPS) is 19.1. The van der Waals surface area contributed by atoms with Crippen LogP contribution in [0, 0.1) is 5.92 Å². The van der Waals surface area contributed by atoms with Crippen molar-refractivity contribution in [2.45, 2.75) is 63.9 Å². The van der Waals surface area contributed by atoms with Gasteiger partial charge in [0.15, 0.2) is 0 Å². The van der Waals surface area contributed by atoms with Crippen LogP contribution >= 0.6 is 0 Å². The average Bonchev–Trinajstić information content (AvgIpc) is 2.31. The van der Waals surface area contributed by atoms with Crippen LogP contribution in [-0.4, -0.2) is 29.7 Å². The van der Waals surface area contributed by atoms with Gasteiger partial charge >= 0.3 is 0 Å². The molecule has 106 valence electrons. The second-order valence-corrected chi connectivity index (χ2v) is 5.63. The monoisotopic (exact) mass is 256 g/mol. The molecule has 0 radical (unpaired) electrons. The van der Waals surface area contributed by atoms with E-state index >= 15 is 0 Å². The fourth-order valence-corrected chi connectivity index (χ4v) is 2.53. The summed E-state index contributed by atoms with van der Waals surface area (Å²) in [6.07, 6.45) is 7.47. The topological polar surface area (TPSA) is 75.4 Å². The second-order valence-electron chi connectivity index (χ2n) is 5.63. The lowest BCUT2D eigenvalue weighted by Gasteiger charge is -2.36. The van der Waals surface area contributed by atoms with E-state index in [1.807, 2.05) is 0 Å². The van der Waals surface area contributed by atoms with Gasteiger partial charge in [0.05, 0.1) is 5.60 Å². The molecule has 0 aliphatic heterocycles. The molecular formula is C14H28N2O2. The molecule has 1 rings (SSSR count). The van der Waals surface area contributed by atoms with Gasteiger partial charge in [-0.1, -0.05) is 19.8 Å². The maximum absolute atomic E-state index is 11.7. The fraction of sp³-hybridized carbons (Fsp3) is 0.929. The highest BCUT2D eigenvalue weighted by Crippen LogP contribution is 2.30. The van der Waals surface area contributed by atoms with Crippen molar-refractivity contribution >= 4 is 5.91 Å². The highest BCUT2D eigenvalue weighted by molar-refractivity contribution is 5.75. The van der Waals surface area contributed by atoms with E-state index in [-0.39, 0.29) is 5.91 Å². The molecule has 4 N–H and O–H groups in total. The highest BCUT2D eigenvalue weighted by Gasteiger charge is 2.34. The van der Waals surface area contributed by atoms with Crippen molar-refractivity contribution in [1.29, 1.82) is 0 Å². The molecule has 1 aliphatic rings. The number of rotatable bonds is 9. The molecule has 0 spiro atoms. The van der Waals surface area contributed by atoms with E-state index in [0.29, 0.717) is 25.4 Å². The van der Waals surface area contributed by atoms with Crippen LogP contribution in [0.5, 0.6) is 0 Å². The predicted molar refractivity (Wildman–Crippen MR) is 73.1 cm³/mol. The lowest BCUT2D eigenvalue weighted by atomic mass is 9.80. The largest absolute Gasteiger partial charge is 0.388 e. The van der Waals surface area contributed by atoms with Crippen molar-refractivity contribution < 1.29 is 9.90 Å². The fourth-order valence-electron chi connectivity index (χ4n) is 2.53. The molecule has 1 unspecified atom stereocenters. The summed E-state index contributed by atoms with van der Waals surface area (Å²) in [5.41, 5.74) is 4.96. The molecule has 4 heteroatoms. The van der Waals surface area contributed by atoms with Crippen molar-refractivity contribution in [3.8, 4) is 0 Å². The second kappa shape index (κ2) is 7.74. The summed E-state index contributed by atoms with van der Waals surface area (Å²) in [7, 11) is 0. The smallest absolute Gasteiger partial charge is 0.220 e. The minimum absolute atomic E-state index is 0.0634. The Kier molecular flexibility index (Phi) is 6.65. The lowest BCUT2D eigenvalue weighted by Crippen LogP contribution is -2.47. The molecule has 4 nitrogen and oxygen atoms in total. The van der Waals surface area contributed by atoms with Crippen LogP contribution in [0.2, 0.25) is 0 Å². The summed E-state index contributed by atoms with van der Waals surface area (Å²) in [6, 6.07) is 0. The maximum atomic E-state index is 11.7. The summed E-state index contributed by atoms with van der Waals surface area (Å²) < 4.78 is 0. The molecular weight excluding hydrogens is 228 g/mol. The molecule has 0 aromatic heterocycles. The van der Waals surface area contributed by atoms with Crippen molar-refractivity contribution in [1.82, 2.24) is 5.32 Å². The number of carbonyl (C=O) groups is 1. The number of amides is 1. The highest BCUT2D eigenvalue weighted by atomic mass is 16.3. The van der Waals surface area contributed by atoms with Crippen LogP contribution in [0.4, 0.5) is 0 Å². The molecule has 0 bridgehead atoms. The molecule has 1 amide bonds. The van der Waals surface area contributed by atoms with Gasteiger partial charge < -0.3 is 16.2 Å². The zero-order chi connectivity index (χ0) is 13.4. The Bertz CT molecular complexity index is 246. The summed E-state index contributed by atoms with van der Waals surface area (Å²) >= 11 is 0. The Morgan fingerprint density at radius 1 is 1.39 bits per heavy atom. The average molecular weight is 256 g/mol. The van der Waals surface area contributed by atoms with Gasteiger partial charge in [-0.25, -0.2) is 0 Å². The number of carbonyl (C=O) groups excluding carboxylic acids is 1. The summed E-state index contributed by atoms with van der Waals surface area (Å²) in [4.78, 5) is 11.7. The van der Waals surface area contributed by atoms with Crippen LogP contribution in [0.15, 0.2) is 0 Å². The Labute approximate surface area is 110 Å². The Morgan fingerprint density at radius 2 is 2.11 bits per heavy atom. The minimum Gasteiger partial charge on any atom is -0.388 e. The van der Waals surface area contributed by atoms with E-state index < -0.39 is 5.60 Å². The zero-order valence-corrected chi connectivity index (χ0v) is 11.6. The van der Waals surface area contributed by atoms with Crippen LogP contribution in [-0.2, 0) is 4.79 Å². The Hall–Kier alpha value is -0.610. The zero-order valence-electron chi connectivity index (χ0n) is 11.6. The van der Waals surface area contributed by atoms with Crippen LogP contribution in [0.25, 0.3) is 0 Å². The number of hydrogen-bond donors (Lipinski definition) is 3. The summed E-state index contributed by atoms with van der Waals surface area (Å²) in [5, 5.41) is 12.7. The standard InChI is InChI=1S/C14H28N2O2/c1-2-4-12(7-10-15)5-6-13(17)16-11-14(18)8-3-9-14/h12,18H,2-11,15H2,1H3,(H,16,17). The molecule has 1 atom stereocenters. The third-order valence-corrected chi connectivity index (χ3v) is 3.95. The molecule has 0 aromatic carbocycles. The Morgan fingerprint density at radius 3 is 2.61 bits per heavy atom. The quantitative estimate of drug-likeness (QED) is 0.586.